The van der Waals surface area contributed by atoms with Crippen LogP contribution in [-0.4, -0.2) is 23.6 Å². The van der Waals surface area contributed by atoms with E-state index in [1.807, 2.05) is 7.05 Å². The smallest absolute Gasteiger partial charge is 0.0929 e. The number of benzene rings is 1. The van der Waals surface area contributed by atoms with Gasteiger partial charge in [0.15, 0.2) is 0 Å². The molecule has 2 aromatic rings. The maximum absolute atomic E-state index is 4.46. The van der Waals surface area contributed by atoms with Crippen molar-refractivity contribution >= 4 is 0 Å². The van der Waals surface area contributed by atoms with Crippen LogP contribution in [0.3, 0.4) is 0 Å². The highest BCUT2D eigenvalue weighted by atomic mass is 14.9. The Morgan fingerprint density at radius 1 is 1.29 bits per heavy atom. The number of imidazole rings is 1. The maximum atomic E-state index is 4.46. The Morgan fingerprint density at radius 2 is 2.12 bits per heavy atom. The van der Waals surface area contributed by atoms with E-state index in [-0.39, 0.29) is 0 Å². The van der Waals surface area contributed by atoms with Gasteiger partial charge in [0.1, 0.15) is 0 Å². The molecule has 90 valence electrons. The lowest BCUT2D eigenvalue weighted by Crippen LogP contribution is -2.11. The molecule has 3 nitrogen and oxygen atoms in total. The number of aromatic nitrogens is 2. The molecule has 0 unspecified atom stereocenters. The van der Waals surface area contributed by atoms with Crippen LogP contribution in [0.15, 0.2) is 24.5 Å². The van der Waals surface area contributed by atoms with E-state index in [1.165, 1.54) is 22.4 Å². The van der Waals surface area contributed by atoms with Crippen molar-refractivity contribution in [2.75, 3.05) is 13.6 Å². The van der Waals surface area contributed by atoms with Gasteiger partial charge in [0.05, 0.1) is 12.0 Å². The Bertz CT molecular complexity index is 500. The van der Waals surface area contributed by atoms with Crippen LogP contribution < -0.4 is 5.32 Å². The van der Waals surface area contributed by atoms with E-state index in [9.17, 15) is 0 Å². The van der Waals surface area contributed by atoms with Gasteiger partial charge >= 0.3 is 0 Å². The summed E-state index contributed by atoms with van der Waals surface area (Å²) in [6.07, 6.45) is 2.75. The number of rotatable bonds is 4. The highest BCUT2D eigenvalue weighted by Crippen LogP contribution is 2.26. The third-order valence-corrected chi connectivity index (χ3v) is 3.20. The maximum Gasteiger partial charge on any atom is 0.0929 e. The van der Waals surface area contributed by atoms with Gasteiger partial charge in [0.2, 0.25) is 0 Å². The molecule has 17 heavy (non-hydrogen) atoms. The second-order valence-electron chi connectivity index (χ2n) is 4.33. The minimum absolute atomic E-state index is 0.958. The summed E-state index contributed by atoms with van der Waals surface area (Å²) in [6, 6.07) is 6.37. The first-order valence-electron chi connectivity index (χ1n) is 5.97. The fraction of sp³-hybridized carbons (Fsp3) is 0.357. The molecule has 2 rings (SSSR count). The van der Waals surface area contributed by atoms with E-state index in [1.54, 1.807) is 6.33 Å². The van der Waals surface area contributed by atoms with Crippen LogP contribution in [0.1, 0.15) is 16.8 Å². The third kappa shape index (κ3) is 2.39. The fourth-order valence-corrected chi connectivity index (χ4v) is 2.00. The van der Waals surface area contributed by atoms with Crippen molar-refractivity contribution in [1.29, 1.82) is 0 Å². The molecule has 0 aliphatic carbocycles. The molecular weight excluding hydrogens is 210 g/mol. The van der Waals surface area contributed by atoms with E-state index in [4.69, 9.17) is 0 Å². The quantitative estimate of drug-likeness (QED) is 0.845. The van der Waals surface area contributed by atoms with Gasteiger partial charge in [-0.05, 0) is 32.0 Å². The average Bonchev–Trinajstić information content (AvgIpc) is 2.78. The standard InChI is InChI=1S/C14H19N3/c1-10-5-4-6-12(11(10)2)14-13(7-8-15-3)16-9-17-14/h4-6,9,15H,7-8H2,1-3H3,(H,16,17). The monoisotopic (exact) mass is 229 g/mol. The van der Waals surface area contributed by atoms with Crippen LogP contribution in [0.2, 0.25) is 0 Å². The molecule has 1 aromatic carbocycles. The highest BCUT2D eigenvalue weighted by molar-refractivity contribution is 5.67. The lowest BCUT2D eigenvalue weighted by atomic mass is 9.99. The summed E-state index contributed by atoms with van der Waals surface area (Å²) in [5.41, 5.74) is 6.14. The van der Waals surface area contributed by atoms with Gasteiger partial charge in [-0.1, -0.05) is 18.2 Å². The summed E-state index contributed by atoms with van der Waals surface area (Å²) in [7, 11) is 1.97. The Balaban J connectivity index is 2.39. The Morgan fingerprint density at radius 3 is 2.88 bits per heavy atom. The molecule has 1 heterocycles. The lowest BCUT2D eigenvalue weighted by Gasteiger charge is -2.08. The Labute approximate surface area is 102 Å². The average molecular weight is 229 g/mol. The number of aromatic amines is 1. The van der Waals surface area contributed by atoms with Crippen molar-refractivity contribution in [1.82, 2.24) is 15.3 Å². The molecule has 0 amide bonds. The van der Waals surface area contributed by atoms with Crippen LogP contribution in [0, 0.1) is 13.8 Å². The van der Waals surface area contributed by atoms with Gasteiger partial charge in [0.25, 0.3) is 0 Å². The molecule has 1 aromatic heterocycles. The van der Waals surface area contributed by atoms with E-state index in [0.717, 1.165) is 18.7 Å². The zero-order valence-electron chi connectivity index (χ0n) is 10.7. The molecule has 0 bridgehead atoms. The van der Waals surface area contributed by atoms with Gasteiger partial charge in [-0.2, -0.15) is 0 Å². The molecule has 0 radical (unpaired) electrons. The number of H-pyrrole nitrogens is 1. The largest absolute Gasteiger partial charge is 0.348 e. The molecule has 0 aliphatic heterocycles. The third-order valence-electron chi connectivity index (χ3n) is 3.20. The van der Waals surface area contributed by atoms with Crippen LogP contribution in [0.5, 0.6) is 0 Å². The van der Waals surface area contributed by atoms with Gasteiger partial charge in [-0.15, -0.1) is 0 Å². The first-order chi connectivity index (χ1) is 8.24. The van der Waals surface area contributed by atoms with Crippen LogP contribution in [-0.2, 0) is 6.42 Å². The number of hydrogen-bond donors (Lipinski definition) is 2. The van der Waals surface area contributed by atoms with Crippen LogP contribution in [0.4, 0.5) is 0 Å². The van der Waals surface area contributed by atoms with E-state index in [0.29, 0.717) is 0 Å². The molecule has 0 aliphatic rings. The van der Waals surface area contributed by atoms with Gasteiger partial charge in [-0.3, -0.25) is 0 Å². The summed E-state index contributed by atoms with van der Waals surface area (Å²) in [4.78, 5) is 7.69. The first-order valence-corrected chi connectivity index (χ1v) is 5.97. The number of hydrogen-bond acceptors (Lipinski definition) is 2. The fourth-order valence-electron chi connectivity index (χ4n) is 2.00. The van der Waals surface area contributed by atoms with E-state index < -0.39 is 0 Å². The summed E-state index contributed by atoms with van der Waals surface area (Å²) in [6.45, 7) is 5.25. The normalized spacial score (nSPS) is 10.8. The van der Waals surface area contributed by atoms with Crippen LogP contribution >= 0.6 is 0 Å². The minimum atomic E-state index is 0.958. The Hall–Kier alpha value is -1.61. The molecule has 0 saturated carbocycles. The predicted octanol–water partition coefficient (Wildman–Crippen LogP) is 2.46. The number of likely N-dealkylation sites (N-methyl/N-ethyl adjacent to an activating group) is 1. The molecule has 0 atom stereocenters. The van der Waals surface area contributed by atoms with Gasteiger partial charge in [0, 0.05) is 24.2 Å². The molecular formula is C14H19N3. The van der Waals surface area contributed by atoms with E-state index >= 15 is 0 Å². The first kappa shape index (κ1) is 11.9. The zero-order chi connectivity index (χ0) is 12.3. The topological polar surface area (TPSA) is 40.7 Å². The SMILES string of the molecule is CNCCc1[nH]cnc1-c1cccc(C)c1C. The highest BCUT2D eigenvalue weighted by Gasteiger charge is 2.10. The zero-order valence-corrected chi connectivity index (χ0v) is 10.7. The lowest BCUT2D eigenvalue weighted by molar-refractivity contribution is 0.781. The summed E-state index contributed by atoms with van der Waals surface area (Å²) in [5, 5.41) is 3.16. The van der Waals surface area contributed by atoms with Crippen molar-refractivity contribution in [3.8, 4) is 11.3 Å². The van der Waals surface area contributed by atoms with Crippen molar-refractivity contribution in [2.24, 2.45) is 0 Å². The summed E-state index contributed by atoms with van der Waals surface area (Å²) >= 11 is 0. The van der Waals surface area contributed by atoms with E-state index in [2.05, 4.69) is 47.3 Å². The molecule has 0 fully saturated rings. The summed E-state index contributed by atoms with van der Waals surface area (Å²) in [5.74, 6) is 0. The molecule has 0 spiro atoms. The predicted molar refractivity (Wildman–Crippen MR) is 71.1 cm³/mol. The minimum Gasteiger partial charge on any atom is -0.348 e. The van der Waals surface area contributed by atoms with Crippen molar-refractivity contribution in [3.05, 3.63) is 41.3 Å². The van der Waals surface area contributed by atoms with Gasteiger partial charge in [-0.25, -0.2) is 4.98 Å². The summed E-state index contributed by atoms with van der Waals surface area (Å²) < 4.78 is 0. The number of nitrogens with one attached hydrogen (secondary N) is 2. The second-order valence-corrected chi connectivity index (χ2v) is 4.33. The Kier molecular flexibility index (Phi) is 3.59. The van der Waals surface area contributed by atoms with Crippen molar-refractivity contribution in [2.45, 2.75) is 20.3 Å². The van der Waals surface area contributed by atoms with Crippen molar-refractivity contribution < 1.29 is 0 Å². The molecule has 0 saturated heterocycles. The molecule has 2 N–H and O–H groups in total. The molecule has 3 heteroatoms. The number of aryl methyl sites for hydroxylation is 1. The number of nitrogens with zero attached hydrogens (tertiary/aromatic N) is 1. The second kappa shape index (κ2) is 5.15. The van der Waals surface area contributed by atoms with Crippen molar-refractivity contribution in [3.63, 3.8) is 0 Å². The van der Waals surface area contributed by atoms with Gasteiger partial charge < -0.3 is 10.3 Å². The van der Waals surface area contributed by atoms with Crippen LogP contribution in [0.25, 0.3) is 11.3 Å².